The average Bonchev–Trinajstić information content (AvgIpc) is 3.36. The van der Waals surface area contributed by atoms with Crippen LogP contribution < -0.4 is 16.6 Å². The highest BCUT2D eigenvalue weighted by Crippen LogP contribution is 2.60. The molecule has 4 N–H and O–H groups in total. The van der Waals surface area contributed by atoms with Crippen LogP contribution in [0, 0.1) is 21.4 Å². The molecule has 1 amide bonds. The van der Waals surface area contributed by atoms with Crippen molar-refractivity contribution in [3.63, 3.8) is 0 Å². The number of nitrogens with one attached hydrogen (secondary N) is 2. The van der Waals surface area contributed by atoms with Crippen LogP contribution >= 0.6 is 0 Å². The predicted molar refractivity (Wildman–Crippen MR) is 77.6 cm³/mol. The maximum Gasteiger partial charge on any atom is 0.282 e. The Balaban J connectivity index is 1.75. The van der Waals surface area contributed by atoms with E-state index < -0.39 is 10.8 Å². The van der Waals surface area contributed by atoms with E-state index in [4.69, 9.17) is 5.84 Å². The lowest BCUT2D eigenvalue weighted by Crippen LogP contribution is -2.31. The summed E-state index contributed by atoms with van der Waals surface area (Å²) in [6.07, 6.45) is 4.76. The number of benzene rings is 1. The quantitative estimate of drug-likeness (QED) is 0.420. The molecule has 2 saturated carbocycles. The van der Waals surface area contributed by atoms with Crippen LogP contribution in [0.1, 0.15) is 36.0 Å². The molecular formula is C14H18N4O3. The topological polar surface area (TPSA) is 110 Å². The molecule has 0 radical (unpaired) electrons. The number of carbonyl (C=O) groups is 1. The summed E-state index contributed by atoms with van der Waals surface area (Å²) in [5.41, 5.74) is 2.96. The van der Waals surface area contributed by atoms with E-state index in [9.17, 15) is 14.9 Å². The number of carbonyl (C=O) groups excluding carboxylic acids is 1. The van der Waals surface area contributed by atoms with Gasteiger partial charge in [0.05, 0.1) is 4.92 Å². The van der Waals surface area contributed by atoms with Gasteiger partial charge in [-0.25, -0.2) is 0 Å². The van der Waals surface area contributed by atoms with Crippen molar-refractivity contribution >= 4 is 17.3 Å². The Kier molecular flexibility index (Phi) is 3.29. The molecule has 0 aromatic heterocycles. The van der Waals surface area contributed by atoms with Gasteiger partial charge in [-0.15, -0.1) is 0 Å². The molecule has 7 nitrogen and oxygen atoms in total. The van der Waals surface area contributed by atoms with Crippen LogP contribution in [0.3, 0.4) is 0 Å². The molecule has 1 aromatic rings. The van der Waals surface area contributed by atoms with Crippen molar-refractivity contribution in [2.24, 2.45) is 17.2 Å². The number of nitrogen functional groups attached to an aromatic ring is 1. The first-order chi connectivity index (χ1) is 10.1. The third kappa shape index (κ3) is 2.69. The largest absolute Gasteiger partial charge is 0.351 e. The van der Waals surface area contributed by atoms with E-state index >= 15 is 0 Å². The van der Waals surface area contributed by atoms with E-state index in [0.29, 0.717) is 12.2 Å². The fraction of sp³-hybridized carbons (Fsp3) is 0.500. The fourth-order valence-corrected chi connectivity index (χ4v) is 2.90. The molecule has 2 fully saturated rings. The van der Waals surface area contributed by atoms with Gasteiger partial charge in [0.2, 0.25) is 0 Å². The highest BCUT2D eigenvalue weighted by Gasteiger charge is 2.53. The molecule has 2 aliphatic rings. The van der Waals surface area contributed by atoms with Crippen molar-refractivity contribution in [3.8, 4) is 0 Å². The second-order valence-corrected chi connectivity index (χ2v) is 5.95. The van der Waals surface area contributed by atoms with Gasteiger partial charge in [0.15, 0.2) is 0 Å². The number of nitrogens with zero attached hydrogens (tertiary/aromatic N) is 1. The number of anilines is 1. The Bertz CT molecular complexity index is 594. The van der Waals surface area contributed by atoms with Crippen molar-refractivity contribution in [1.29, 1.82) is 0 Å². The number of nitrogens with two attached hydrogens (primary N) is 1. The first-order valence-electron chi connectivity index (χ1n) is 7.09. The lowest BCUT2D eigenvalue weighted by Gasteiger charge is -2.15. The molecule has 1 aromatic carbocycles. The van der Waals surface area contributed by atoms with E-state index in [1.165, 1.54) is 31.0 Å². The van der Waals surface area contributed by atoms with Crippen LogP contribution in [0.5, 0.6) is 0 Å². The van der Waals surface area contributed by atoms with Gasteiger partial charge in [-0.3, -0.25) is 20.8 Å². The lowest BCUT2D eigenvalue weighted by molar-refractivity contribution is -0.385. The second-order valence-electron chi connectivity index (χ2n) is 5.95. The summed E-state index contributed by atoms with van der Waals surface area (Å²) >= 11 is 0. The van der Waals surface area contributed by atoms with Gasteiger partial charge >= 0.3 is 0 Å². The third-order valence-electron chi connectivity index (χ3n) is 4.54. The Hall–Kier alpha value is -2.15. The molecule has 0 aliphatic heterocycles. The SMILES string of the molecule is NNc1ccc([N+](=O)[O-])c(C(=O)NCC2(C3CC3)CC2)c1. The predicted octanol–water partition coefficient (Wildman–Crippen LogP) is 1.80. The molecule has 2 aliphatic carbocycles. The maximum absolute atomic E-state index is 12.3. The van der Waals surface area contributed by atoms with E-state index in [-0.39, 0.29) is 16.7 Å². The number of amides is 1. The molecule has 0 atom stereocenters. The number of hydrazine groups is 1. The van der Waals surface area contributed by atoms with E-state index in [2.05, 4.69) is 10.7 Å². The molecule has 0 bridgehead atoms. The molecular weight excluding hydrogens is 272 g/mol. The smallest absolute Gasteiger partial charge is 0.282 e. The fourth-order valence-electron chi connectivity index (χ4n) is 2.90. The first kappa shape index (κ1) is 13.8. The average molecular weight is 290 g/mol. The van der Waals surface area contributed by atoms with Crippen molar-refractivity contribution in [2.75, 3.05) is 12.0 Å². The Morgan fingerprint density at radius 2 is 2.14 bits per heavy atom. The molecule has 21 heavy (non-hydrogen) atoms. The van der Waals surface area contributed by atoms with Gasteiger partial charge in [-0.1, -0.05) is 0 Å². The number of hydrogen-bond donors (Lipinski definition) is 3. The number of hydrogen-bond acceptors (Lipinski definition) is 5. The number of nitro groups is 1. The van der Waals surface area contributed by atoms with E-state index in [1.807, 2.05) is 0 Å². The van der Waals surface area contributed by atoms with Gasteiger partial charge in [0.1, 0.15) is 5.56 Å². The monoisotopic (exact) mass is 290 g/mol. The zero-order valence-electron chi connectivity index (χ0n) is 11.6. The molecule has 112 valence electrons. The zero-order valence-corrected chi connectivity index (χ0v) is 11.6. The van der Waals surface area contributed by atoms with Gasteiger partial charge in [-0.2, -0.15) is 0 Å². The van der Waals surface area contributed by atoms with Crippen molar-refractivity contribution in [2.45, 2.75) is 25.7 Å². The number of rotatable bonds is 6. The standard InChI is InChI=1S/C14H18N4O3/c15-17-10-3-4-12(18(20)21)11(7-10)13(19)16-8-14(5-6-14)9-1-2-9/h3-4,7,9,17H,1-2,5-6,8,15H2,(H,16,19). The van der Waals surface area contributed by atoms with Crippen molar-refractivity contribution < 1.29 is 9.72 Å². The van der Waals surface area contributed by atoms with Crippen LogP contribution in [0.15, 0.2) is 18.2 Å². The molecule has 0 unspecified atom stereocenters. The maximum atomic E-state index is 12.3. The van der Waals surface area contributed by atoms with Crippen LogP contribution in [0.25, 0.3) is 0 Å². The minimum absolute atomic E-state index is 0.0436. The Morgan fingerprint density at radius 3 is 2.67 bits per heavy atom. The summed E-state index contributed by atoms with van der Waals surface area (Å²) in [6.45, 7) is 0.605. The first-order valence-corrected chi connectivity index (χ1v) is 7.09. The highest BCUT2D eigenvalue weighted by atomic mass is 16.6. The van der Waals surface area contributed by atoms with Gasteiger partial charge in [0, 0.05) is 18.3 Å². The highest BCUT2D eigenvalue weighted by molar-refractivity contribution is 5.99. The summed E-state index contributed by atoms with van der Waals surface area (Å²) in [7, 11) is 0. The van der Waals surface area contributed by atoms with Crippen LogP contribution in [-0.2, 0) is 0 Å². The van der Waals surface area contributed by atoms with Crippen LogP contribution in [-0.4, -0.2) is 17.4 Å². The molecule has 0 heterocycles. The molecule has 3 rings (SSSR count). The second kappa shape index (κ2) is 5.00. The summed E-state index contributed by atoms with van der Waals surface area (Å²) < 4.78 is 0. The summed E-state index contributed by atoms with van der Waals surface area (Å²) in [5.74, 6) is 5.61. The Morgan fingerprint density at radius 1 is 1.43 bits per heavy atom. The van der Waals surface area contributed by atoms with Crippen LogP contribution in [0.4, 0.5) is 11.4 Å². The lowest BCUT2D eigenvalue weighted by atomic mass is 10.0. The minimum Gasteiger partial charge on any atom is -0.351 e. The van der Waals surface area contributed by atoms with Crippen molar-refractivity contribution in [1.82, 2.24) is 5.32 Å². The van der Waals surface area contributed by atoms with Crippen molar-refractivity contribution in [3.05, 3.63) is 33.9 Å². The van der Waals surface area contributed by atoms with Gasteiger partial charge in [-0.05, 0) is 49.1 Å². The number of nitro benzene ring substituents is 1. The van der Waals surface area contributed by atoms with E-state index in [1.54, 1.807) is 0 Å². The summed E-state index contributed by atoms with van der Waals surface area (Å²) in [6, 6.07) is 4.17. The summed E-state index contributed by atoms with van der Waals surface area (Å²) in [5, 5.41) is 13.9. The van der Waals surface area contributed by atoms with Gasteiger partial charge in [0.25, 0.3) is 11.6 Å². The molecule has 7 heteroatoms. The van der Waals surface area contributed by atoms with Crippen LogP contribution in [0.2, 0.25) is 0 Å². The molecule has 0 saturated heterocycles. The zero-order chi connectivity index (χ0) is 15.0. The third-order valence-corrected chi connectivity index (χ3v) is 4.54. The van der Waals surface area contributed by atoms with Gasteiger partial charge < -0.3 is 10.7 Å². The normalized spacial score (nSPS) is 18.9. The molecule has 0 spiro atoms. The van der Waals surface area contributed by atoms with E-state index in [0.717, 1.165) is 18.8 Å². The minimum atomic E-state index is -0.553. The Labute approximate surface area is 122 Å². The summed E-state index contributed by atoms with van der Waals surface area (Å²) in [4.78, 5) is 22.8.